The molecule has 0 saturated carbocycles. The van der Waals surface area contributed by atoms with Crippen LogP contribution in [-0.2, 0) is 11.3 Å². The summed E-state index contributed by atoms with van der Waals surface area (Å²) in [6.45, 7) is 14.5. The van der Waals surface area contributed by atoms with E-state index in [2.05, 4.69) is 64.6 Å². The van der Waals surface area contributed by atoms with Gasteiger partial charge in [0.25, 0.3) is 0 Å². The van der Waals surface area contributed by atoms with Gasteiger partial charge in [0.2, 0.25) is 6.33 Å². The van der Waals surface area contributed by atoms with Crippen molar-refractivity contribution in [3.8, 4) is 5.69 Å². The normalized spacial score (nSPS) is 18.4. The average Bonchev–Trinajstić information content (AvgIpc) is 2.78. The van der Waals surface area contributed by atoms with E-state index < -0.39 is 0 Å². The molecule has 0 unspecified atom stereocenters. The molecule has 1 aliphatic rings. The molecule has 22 heavy (non-hydrogen) atoms. The molecule has 4 nitrogen and oxygen atoms in total. The highest BCUT2D eigenvalue weighted by atomic mass is 16.5. The van der Waals surface area contributed by atoms with Crippen molar-refractivity contribution in [3.63, 3.8) is 0 Å². The van der Waals surface area contributed by atoms with Crippen molar-refractivity contribution in [2.75, 3.05) is 6.61 Å². The van der Waals surface area contributed by atoms with E-state index >= 15 is 0 Å². The van der Waals surface area contributed by atoms with Crippen LogP contribution in [0, 0.1) is 26.2 Å². The Morgan fingerprint density at radius 3 is 2.41 bits per heavy atom. The molecule has 0 radical (unpaired) electrons. The molecule has 0 fully saturated rings. The Hall–Kier alpha value is -1.68. The topological polar surface area (TPSA) is 30.9 Å². The van der Waals surface area contributed by atoms with E-state index in [1.165, 1.54) is 22.4 Å². The van der Waals surface area contributed by atoms with Gasteiger partial charge < -0.3 is 4.74 Å². The second-order valence-electron chi connectivity index (χ2n) is 7.53. The lowest BCUT2D eigenvalue weighted by Gasteiger charge is -2.31. The number of aromatic nitrogens is 3. The molecule has 4 heteroatoms. The summed E-state index contributed by atoms with van der Waals surface area (Å²) >= 11 is 0. The first-order valence-electron chi connectivity index (χ1n) is 7.93. The number of aryl methyl sites for hydroxylation is 3. The molecule has 1 aromatic carbocycles. The predicted molar refractivity (Wildman–Crippen MR) is 86.1 cm³/mol. The third kappa shape index (κ3) is 2.56. The summed E-state index contributed by atoms with van der Waals surface area (Å²) < 4.78 is 10.1. The first-order valence-corrected chi connectivity index (χ1v) is 7.93. The summed E-state index contributed by atoms with van der Waals surface area (Å²) in [6, 6.07) is 4.74. The van der Waals surface area contributed by atoms with Crippen LogP contribution < -0.4 is 4.57 Å². The molecule has 0 amide bonds. The van der Waals surface area contributed by atoms with Crippen molar-refractivity contribution >= 4 is 0 Å². The fourth-order valence-electron chi connectivity index (χ4n) is 3.40. The standard InChI is InChI=1S/C18H26N3O/c1-12-7-13(2)17(14(3)8-12)21-11-20-15(18(4,5)6)9-22-10-16(20)19-21/h7-8,11,15H,9-10H2,1-6H3/q+1/t15-/m1/s1. The SMILES string of the molecule is Cc1cc(C)c(-n2c[n+]3c(n2)COC[C@@H]3C(C)(C)C)c(C)c1. The minimum absolute atomic E-state index is 0.144. The van der Waals surface area contributed by atoms with Crippen LogP contribution in [0.15, 0.2) is 18.5 Å². The molecule has 2 heterocycles. The second-order valence-corrected chi connectivity index (χ2v) is 7.53. The molecule has 1 aromatic heterocycles. The van der Waals surface area contributed by atoms with Crippen LogP contribution in [0.25, 0.3) is 5.69 Å². The van der Waals surface area contributed by atoms with Gasteiger partial charge in [-0.05, 0) is 37.3 Å². The van der Waals surface area contributed by atoms with Crippen LogP contribution >= 0.6 is 0 Å². The number of fused-ring (bicyclic) bond motifs is 1. The van der Waals surface area contributed by atoms with Crippen LogP contribution in [0.2, 0.25) is 0 Å². The smallest absolute Gasteiger partial charge is 0.304 e. The number of hydrogen-bond acceptors (Lipinski definition) is 2. The Labute approximate surface area is 132 Å². The van der Waals surface area contributed by atoms with E-state index in [0.717, 1.165) is 12.4 Å². The third-order valence-corrected chi connectivity index (χ3v) is 4.46. The van der Waals surface area contributed by atoms with Crippen molar-refractivity contribution < 1.29 is 9.30 Å². The van der Waals surface area contributed by atoms with E-state index in [4.69, 9.17) is 9.84 Å². The molecule has 2 aromatic rings. The Bertz CT molecular complexity index is 687. The lowest BCUT2D eigenvalue weighted by Crippen LogP contribution is -2.53. The maximum Gasteiger partial charge on any atom is 0.304 e. The van der Waals surface area contributed by atoms with Gasteiger partial charge in [-0.3, -0.25) is 0 Å². The number of benzene rings is 1. The van der Waals surface area contributed by atoms with Gasteiger partial charge in [-0.2, -0.15) is 0 Å². The van der Waals surface area contributed by atoms with Gasteiger partial charge in [-0.15, -0.1) is 0 Å². The molecule has 3 rings (SSSR count). The lowest BCUT2D eigenvalue weighted by molar-refractivity contribution is -0.755. The van der Waals surface area contributed by atoms with Crippen molar-refractivity contribution in [2.24, 2.45) is 5.41 Å². The van der Waals surface area contributed by atoms with E-state index in [-0.39, 0.29) is 5.41 Å². The molecule has 1 aliphatic heterocycles. The summed E-state index contributed by atoms with van der Waals surface area (Å²) in [7, 11) is 0. The molecule has 0 bridgehead atoms. The van der Waals surface area contributed by atoms with E-state index in [0.29, 0.717) is 12.6 Å². The first kappa shape index (κ1) is 15.2. The monoisotopic (exact) mass is 300 g/mol. The van der Waals surface area contributed by atoms with Gasteiger partial charge in [0, 0.05) is 5.10 Å². The molecular formula is C18H26N3O+. The fraction of sp³-hybridized carbons (Fsp3) is 0.556. The minimum atomic E-state index is 0.144. The zero-order chi connectivity index (χ0) is 16.1. The highest BCUT2D eigenvalue weighted by molar-refractivity contribution is 5.48. The quantitative estimate of drug-likeness (QED) is 0.757. The van der Waals surface area contributed by atoms with Crippen LogP contribution in [0.1, 0.15) is 49.3 Å². The molecule has 0 spiro atoms. The van der Waals surface area contributed by atoms with Gasteiger partial charge >= 0.3 is 5.82 Å². The molecular weight excluding hydrogens is 274 g/mol. The number of ether oxygens (including phenoxy) is 1. The summed E-state index contributed by atoms with van der Waals surface area (Å²) in [5, 5.41) is 4.79. The molecule has 0 N–H and O–H groups in total. The highest BCUT2D eigenvalue weighted by Crippen LogP contribution is 2.29. The van der Waals surface area contributed by atoms with Gasteiger partial charge in [-0.1, -0.05) is 43.1 Å². The van der Waals surface area contributed by atoms with Crippen LogP contribution in [0.5, 0.6) is 0 Å². The Balaban J connectivity index is 2.11. The maximum atomic E-state index is 5.77. The summed E-state index contributed by atoms with van der Waals surface area (Å²) in [5.74, 6) is 1.01. The van der Waals surface area contributed by atoms with E-state index in [1.54, 1.807) is 0 Å². The van der Waals surface area contributed by atoms with Crippen molar-refractivity contribution in [1.82, 2.24) is 9.78 Å². The molecule has 0 saturated heterocycles. The van der Waals surface area contributed by atoms with Crippen LogP contribution in [-0.4, -0.2) is 16.4 Å². The maximum absolute atomic E-state index is 5.77. The zero-order valence-corrected chi connectivity index (χ0v) is 14.5. The number of rotatable bonds is 1. The average molecular weight is 300 g/mol. The van der Waals surface area contributed by atoms with E-state index in [9.17, 15) is 0 Å². The van der Waals surface area contributed by atoms with Crippen molar-refractivity contribution in [3.05, 3.63) is 41.0 Å². The van der Waals surface area contributed by atoms with E-state index in [1.807, 2.05) is 4.68 Å². The Morgan fingerprint density at radius 2 is 1.82 bits per heavy atom. The lowest BCUT2D eigenvalue weighted by atomic mass is 9.86. The van der Waals surface area contributed by atoms with Gasteiger partial charge in [-0.25, -0.2) is 4.57 Å². The van der Waals surface area contributed by atoms with Crippen molar-refractivity contribution in [1.29, 1.82) is 0 Å². The van der Waals surface area contributed by atoms with Gasteiger partial charge in [0.05, 0.1) is 6.61 Å². The summed E-state index contributed by atoms with van der Waals surface area (Å²) in [5.41, 5.74) is 5.13. The molecule has 0 aliphatic carbocycles. The van der Waals surface area contributed by atoms with Crippen LogP contribution in [0.4, 0.5) is 0 Å². The largest absolute Gasteiger partial charge is 0.367 e. The second kappa shape index (κ2) is 5.20. The Kier molecular flexibility index (Phi) is 3.60. The fourth-order valence-corrected chi connectivity index (χ4v) is 3.40. The number of hydrogen-bond donors (Lipinski definition) is 0. The van der Waals surface area contributed by atoms with Crippen LogP contribution in [0.3, 0.4) is 0 Å². The van der Waals surface area contributed by atoms with Gasteiger partial charge in [0.1, 0.15) is 18.3 Å². The molecule has 1 atom stereocenters. The third-order valence-electron chi connectivity index (χ3n) is 4.46. The molecule has 118 valence electrons. The predicted octanol–water partition coefficient (Wildman–Crippen LogP) is 3.20. The minimum Gasteiger partial charge on any atom is -0.367 e. The summed E-state index contributed by atoms with van der Waals surface area (Å²) in [4.78, 5) is 0. The van der Waals surface area contributed by atoms with Crippen molar-refractivity contribution in [2.45, 2.75) is 54.2 Å². The first-order chi connectivity index (χ1) is 10.3. The number of nitrogens with zero attached hydrogens (tertiary/aromatic N) is 3. The van der Waals surface area contributed by atoms with Gasteiger partial charge in [0.15, 0.2) is 0 Å². The highest BCUT2D eigenvalue weighted by Gasteiger charge is 2.37. The zero-order valence-electron chi connectivity index (χ0n) is 14.5. The Morgan fingerprint density at radius 1 is 1.18 bits per heavy atom. The summed E-state index contributed by atoms with van der Waals surface area (Å²) in [6.07, 6.45) is 2.14.